The van der Waals surface area contributed by atoms with Gasteiger partial charge in [0.05, 0.1) is 24.5 Å². The second-order valence-corrected chi connectivity index (χ2v) is 8.95. The molecule has 0 aromatic carbocycles. The first kappa shape index (κ1) is 30.2. The average molecular weight is 565 g/mol. The van der Waals surface area contributed by atoms with Crippen molar-refractivity contribution in [3.05, 3.63) is 29.8 Å². The summed E-state index contributed by atoms with van der Waals surface area (Å²) in [5, 5.41) is 14.9. The van der Waals surface area contributed by atoms with Gasteiger partial charge in [-0.25, -0.2) is 4.68 Å². The number of ether oxygens (including phenoxy) is 5. The van der Waals surface area contributed by atoms with E-state index in [0.29, 0.717) is 17.8 Å². The van der Waals surface area contributed by atoms with E-state index in [1.165, 1.54) is 24.0 Å². The highest BCUT2D eigenvalue weighted by molar-refractivity contribution is 5.93. The van der Waals surface area contributed by atoms with Gasteiger partial charge in [-0.1, -0.05) is 12.1 Å². The van der Waals surface area contributed by atoms with Crippen molar-refractivity contribution >= 4 is 29.8 Å². The third kappa shape index (κ3) is 8.08. The Bertz CT molecular complexity index is 1230. The van der Waals surface area contributed by atoms with Crippen LogP contribution in [0.15, 0.2) is 18.6 Å². The summed E-state index contributed by atoms with van der Waals surface area (Å²) in [6.45, 7) is 6.86. The van der Waals surface area contributed by atoms with Crippen LogP contribution >= 0.6 is 0 Å². The zero-order valence-electron chi connectivity index (χ0n) is 22.8. The van der Waals surface area contributed by atoms with Crippen LogP contribution in [0.5, 0.6) is 0 Å². The van der Waals surface area contributed by atoms with E-state index in [1.807, 2.05) is 6.92 Å². The molecule has 3 heterocycles. The molecular weight excluding hydrogens is 532 g/mol. The van der Waals surface area contributed by atoms with Crippen molar-refractivity contribution in [2.24, 2.45) is 0 Å². The number of nitrogens with one attached hydrogen (secondary N) is 1. The van der Waals surface area contributed by atoms with Crippen molar-refractivity contribution in [2.75, 3.05) is 6.61 Å². The van der Waals surface area contributed by atoms with Crippen molar-refractivity contribution < 1.29 is 47.7 Å². The maximum Gasteiger partial charge on any atom is 0.303 e. The molecule has 0 aliphatic carbocycles. The lowest BCUT2D eigenvalue weighted by Gasteiger charge is -2.44. The molecule has 1 N–H and O–H groups in total. The molecule has 0 unspecified atom stereocenters. The van der Waals surface area contributed by atoms with Crippen molar-refractivity contribution in [1.82, 2.24) is 30.1 Å². The minimum Gasteiger partial charge on any atom is -0.463 e. The fraction of sp³-hybridized carbons (Fsp3) is 0.583. The zero-order valence-corrected chi connectivity index (χ0v) is 22.8. The molecule has 40 heavy (non-hydrogen) atoms. The molecule has 218 valence electrons. The molecule has 3 rings (SSSR count). The Balaban J connectivity index is 1.86. The summed E-state index contributed by atoms with van der Waals surface area (Å²) in [4.78, 5) is 59.9. The lowest BCUT2D eigenvalue weighted by atomic mass is 9.97. The van der Waals surface area contributed by atoms with E-state index >= 15 is 0 Å². The first-order chi connectivity index (χ1) is 19.0. The number of aryl methyl sites for hydroxylation is 1. The molecule has 1 fully saturated rings. The summed E-state index contributed by atoms with van der Waals surface area (Å²) >= 11 is 0. The van der Waals surface area contributed by atoms with Crippen LogP contribution in [0.25, 0.3) is 0 Å². The fourth-order valence-electron chi connectivity index (χ4n) is 4.04. The Morgan fingerprint density at radius 1 is 0.925 bits per heavy atom. The molecule has 0 saturated carbocycles. The van der Waals surface area contributed by atoms with E-state index in [2.05, 4.69) is 20.7 Å². The van der Waals surface area contributed by atoms with Gasteiger partial charge in [-0.2, -0.15) is 5.10 Å². The molecule has 1 saturated heterocycles. The smallest absolute Gasteiger partial charge is 0.303 e. The van der Waals surface area contributed by atoms with Gasteiger partial charge < -0.3 is 29.0 Å². The van der Waals surface area contributed by atoms with Crippen LogP contribution in [0, 0.1) is 0 Å². The summed E-state index contributed by atoms with van der Waals surface area (Å²) in [7, 11) is 0. The highest BCUT2D eigenvalue weighted by Gasteiger charge is 2.53. The zero-order chi connectivity index (χ0) is 29.4. The van der Waals surface area contributed by atoms with Crippen LogP contribution in [0.3, 0.4) is 0 Å². The number of carbonyl (C=O) groups excluding carboxylic acids is 5. The maximum absolute atomic E-state index is 12.5. The van der Waals surface area contributed by atoms with E-state index in [0.717, 1.165) is 27.2 Å². The van der Waals surface area contributed by atoms with Crippen LogP contribution in [0.2, 0.25) is 0 Å². The monoisotopic (exact) mass is 564 g/mol. The summed E-state index contributed by atoms with van der Waals surface area (Å²) in [6, 6.07) is 0. The van der Waals surface area contributed by atoms with E-state index in [1.54, 1.807) is 10.9 Å². The summed E-state index contributed by atoms with van der Waals surface area (Å²) in [6.07, 6.45) is -0.980. The molecule has 5 atom stereocenters. The predicted molar refractivity (Wildman–Crippen MR) is 131 cm³/mol. The lowest BCUT2D eigenvalue weighted by molar-refractivity contribution is -0.270. The number of esters is 4. The maximum atomic E-state index is 12.5. The molecule has 1 aliphatic rings. The summed E-state index contributed by atoms with van der Waals surface area (Å²) < 4.78 is 30.2. The minimum atomic E-state index is -1.35. The number of amides is 1. The van der Waals surface area contributed by atoms with Gasteiger partial charge in [-0.3, -0.25) is 28.7 Å². The Labute approximate surface area is 229 Å². The molecular formula is C24H32N6O10. The number of hydrogen-bond donors (Lipinski definition) is 1. The highest BCUT2D eigenvalue weighted by Crippen LogP contribution is 2.34. The normalized spacial score (nSPS) is 22.2. The Kier molecular flexibility index (Phi) is 10.3. The third-order valence-electron chi connectivity index (χ3n) is 5.56. The van der Waals surface area contributed by atoms with Crippen LogP contribution < -0.4 is 5.32 Å². The van der Waals surface area contributed by atoms with Gasteiger partial charge in [0.25, 0.3) is 5.91 Å². The molecule has 0 spiro atoms. The van der Waals surface area contributed by atoms with E-state index < -0.39 is 54.5 Å². The Morgan fingerprint density at radius 2 is 1.57 bits per heavy atom. The molecule has 16 heteroatoms. The van der Waals surface area contributed by atoms with Crippen LogP contribution in [-0.4, -0.2) is 85.6 Å². The van der Waals surface area contributed by atoms with Crippen LogP contribution in [0.1, 0.15) is 63.3 Å². The van der Waals surface area contributed by atoms with Crippen molar-refractivity contribution in [3.8, 4) is 0 Å². The molecule has 16 nitrogen and oxygen atoms in total. The standard InChI is InChI=1S/C24H32N6O10/c1-6-7-29-10-17(8-26-29)23(35)25-9-18-11-30(28-27-18)24-22(39-16(5)34)21(38-15(4)33)20(37-14(3)32)19(40-24)12-36-13(2)31/h8,10-11,19-22,24H,6-7,9,12H2,1-5H3,(H,25,35)/t19-,20-,21+,22-,24-/m1/s1. The molecule has 0 bridgehead atoms. The molecule has 1 aliphatic heterocycles. The van der Waals surface area contributed by atoms with Gasteiger partial charge >= 0.3 is 23.9 Å². The number of rotatable bonds is 11. The largest absolute Gasteiger partial charge is 0.463 e. The first-order valence-electron chi connectivity index (χ1n) is 12.5. The summed E-state index contributed by atoms with van der Waals surface area (Å²) in [5.74, 6) is -3.24. The Morgan fingerprint density at radius 3 is 2.20 bits per heavy atom. The van der Waals surface area contributed by atoms with Gasteiger partial charge in [0.2, 0.25) is 0 Å². The van der Waals surface area contributed by atoms with Gasteiger partial charge in [-0.05, 0) is 6.42 Å². The van der Waals surface area contributed by atoms with E-state index in [4.69, 9.17) is 23.7 Å². The van der Waals surface area contributed by atoms with Gasteiger partial charge in [0, 0.05) is 40.4 Å². The topological polar surface area (TPSA) is 192 Å². The Hall–Kier alpha value is -4.34. The number of hydrogen-bond acceptors (Lipinski definition) is 13. The summed E-state index contributed by atoms with van der Waals surface area (Å²) in [5.41, 5.74) is 0.697. The van der Waals surface area contributed by atoms with Crippen LogP contribution in [0.4, 0.5) is 0 Å². The highest BCUT2D eigenvalue weighted by atomic mass is 16.7. The van der Waals surface area contributed by atoms with Crippen molar-refractivity contribution in [3.63, 3.8) is 0 Å². The predicted octanol–water partition coefficient (Wildman–Crippen LogP) is 0.0702. The average Bonchev–Trinajstić information content (AvgIpc) is 3.53. The first-order valence-corrected chi connectivity index (χ1v) is 12.5. The minimum absolute atomic E-state index is 0.0108. The van der Waals surface area contributed by atoms with E-state index in [-0.39, 0.29) is 19.1 Å². The number of aromatic nitrogens is 5. The van der Waals surface area contributed by atoms with Gasteiger partial charge in [0.15, 0.2) is 24.5 Å². The molecule has 2 aromatic heterocycles. The van der Waals surface area contributed by atoms with Gasteiger partial charge in [0.1, 0.15) is 18.4 Å². The SMILES string of the molecule is CCCn1cc(C(=O)NCc2cn([C@@H]3O[C@H](COC(C)=O)[C@@H](OC(C)=O)[C@H](OC(C)=O)[C@H]3OC(C)=O)nn2)cn1. The van der Waals surface area contributed by atoms with Crippen molar-refractivity contribution in [1.29, 1.82) is 0 Å². The van der Waals surface area contributed by atoms with E-state index in [9.17, 15) is 24.0 Å². The second-order valence-electron chi connectivity index (χ2n) is 8.95. The molecule has 1 amide bonds. The van der Waals surface area contributed by atoms with Crippen LogP contribution in [-0.2, 0) is 56.0 Å². The molecule has 2 aromatic rings. The van der Waals surface area contributed by atoms with Gasteiger partial charge in [-0.15, -0.1) is 5.10 Å². The number of carbonyl (C=O) groups is 5. The number of nitrogens with zero attached hydrogens (tertiary/aromatic N) is 5. The lowest BCUT2D eigenvalue weighted by Crippen LogP contribution is -2.60. The molecule has 0 radical (unpaired) electrons. The second kappa shape index (κ2) is 13.6. The quantitative estimate of drug-likeness (QED) is 0.285. The third-order valence-corrected chi connectivity index (χ3v) is 5.56. The fourth-order valence-corrected chi connectivity index (χ4v) is 4.04. The van der Waals surface area contributed by atoms with Crippen molar-refractivity contribution in [2.45, 2.75) is 84.8 Å².